The van der Waals surface area contributed by atoms with Crippen molar-refractivity contribution < 1.29 is 0 Å². The van der Waals surface area contributed by atoms with Crippen molar-refractivity contribution >= 4 is 29.2 Å². The summed E-state index contributed by atoms with van der Waals surface area (Å²) in [5.74, 6) is 1.12. The van der Waals surface area contributed by atoms with Crippen molar-refractivity contribution in [2.45, 2.75) is 0 Å². The van der Waals surface area contributed by atoms with Crippen LogP contribution in [-0.4, -0.2) is 36.8 Å². The van der Waals surface area contributed by atoms with Crippen molar-refractivity contribution in [3.8, 4) is 17.3 Å². The Balaban J connectivity index is 2.18. The molecule has 0 radical (unpaired) electrons. The first-order valence-electron chi connectivity index (χ1n) is 5.92. The Bertz CT molecular complexity index is 773. The lowest BCUT2D eigenvalue weighted by molar-refractivity contribution is 0.798. The predicted molar refractivity (Wildman–Crippen MR) is 79.7 cm³/mol. The van der Waals surface area contributed by atoms with Gasteiger partial charge in [0.05, 0.1) is 10.0 Å². The molecule has 2 aromatic heterocycles. The topological polar surface area (TPSA) is 81.4 Å². The van der Waals surface area contributed by atoms with Gasteiger partial charge in [0.15, 0.2) is 5.82 Å². The zero-order valence-corrected chi connectivity index (χ0v) is 12.3. The number of hydrogen-bond acceptors (Lipinski definition) is 6. The summed E-state index contributed by atoms with van der Waals surface area (Å²) < 4.78 is 1.43. The van der Waals surface area contributed by atoms with Crippen molar-refractivity contribution in [1.82, 2.24) is 29.7 Å². The van der Waals surface area contributed by atoms with Gasteiger partial charge in [0, 0.05) is 12.6 Å². The van der Waals surface area contributed by atoms with Crippen LogP contribution in [0.3, 0.4) is 0 Å². The summed E-state index contributed by atoms with van der Waals surface area (Å²) in [7, 11) is 1.71. The Labute approximate surface area is 130 Å². The molecule has 0 saturated heterocycles. The van der Waals surface area contributed by atoms with E-state index in [1.165, 1.54) is 17.3 Å². The van der Waals surface area contributed by atoms with E-state index in [4.69, 9.17) is 23.2 Å². The van der Waals surface area contributed by atoms with E-state index in [1.807, 2.05) is 0 Å². The number of rotatable bonds is 3. The van der Waals surface area contributed by atoms with Gasteiger partial charge in [0.25, 0.3) is 5.95 Å². The first-order valence-corrected chi connectivity index (χ1v) is 6.68. The van der Waals surface area contributed by atoms with Crippen LogP contribution in [0, 0.1) is 0 Å². The third-order valence-corrected chi connectivity index (χ3v) is 3.48. The molecule has 106 valence electrons. The molecule has 9 heteroatoms. The molecule has 0 spiro atoms. The van der Waals surface area contributed by atoms with E-state index in [-0.39, 0.29) is 0 Å². The molecule has 2 heterocycles. The molecule has 3 rings (SSSR count). The third-order valence-electron chi connectivity index (χ3n) is 2.66. The van der Waals surface area contributed by atoms with Crippen molar-refractivity contribution in [3.63, 3.8) is 0 Å². The summed E-state index contributed by atoms with van der Waals surface area (Å²) >= 11 is 12.2. The second kappa shape index (κ2) is 5.63. The lowest BCUT2D eigenvalue weighted by Crippen LogP contribution is -2.08. The molecule has 0 aliphatic heterocycles. The maximum atomic E-state index is 6.21. The number of benzene rings is 1. The van der Waals surface area contributed by atoms with Crippen LogP contribution in [0.5, 0.6) is 0 Å². The van der Waals surface area contributed by atoms with E-state index in [1.54, 1.807) is 25.2 Å². The second-order valence-electron chi connectivity index (χ2n) is 3.97. The van der Waals surface area contributed by atoms with Gasteiger partial charge in [0.2, 0.25) is 5.95 Å². The highest BCUT2D eigenvalue weighted by Gasteiger charge is 2.14. The Morgan fingerprint density at radius 2 is 2.00 bits per heavy atom. The van der Waals surface area contributed by atoms with E-state index in [2.05, 4.69) is 30.4 Å². The second-order valence-corrected chi connectivity index (χ2v) is 4.76. The number of aromatic nitrogens is 6. The molecule has 0 amide bonds. The average molecular weight is 322 g/mol. The molecule has 0 unspecified atom stereocenters. The number of hydrogen-bond donors (Lipinski definition) is 1. The van der Waals surface area contributed by atoms with Crippen molar-refractivity contribution in [3.05, 3.63) is 40.9 Å². The fraction of sp³-hybridized carbons (Fsp3) is 0.0833. The zero-order valence-electron chi connectivity index (χ0n) is 10.8. The van der Waals surface area contributed by atoms with E-state index in [0.29, 0.717) is 33.3 Å². The van der Waals surface area contributed by atoms with Crippen molar-refractivity contribution in [2.24, 2.45) is 0 Å². The van der Waals surface area contributed by atoms with E-state index in [0.717, 1.165) is 0 Å². The van der Waals surface area contributed by atoms with Gasteiger partial charge >= 0.3 is 0 Å². The van der Waals surface area contributed by atoms with Gasteiger partial charge in [-0.1, -0.05) is 29.3 Å². The maximum absolute atomic E-state index is 6.21. The standard InChI is InChI=1S/C12H9Cl2N7/c1-15-11-18-10(7-3-2-4-8(13)9(7)14)19-12(20-11)21-6-16-5-17-21/h2-6H,1H3,(H,15,18,19,20). The van der Waals surface area contributed by atoms with Gasteiger partial charge in [0.1, 0.15) is 12.7 Å². The van der Waals surface area contributed by atoms with Crippen LogP contribution < -0.4 is 5.32 Å². The number of nitrogens with zero attached hydrogens (tertiary/aromatic N) is 6. The number of anilines is 1. The van der Waals surface area contributed by atoms with Crippen LogP contribution in [0.25, 0.3) is 17.3 Å². The van der Waals surface area contributed by atoms with Gasteiger partial charge in [-0.2, -0.15) is 24.7 Å². The van der Waals surface area contributed by atoms with E-state index in [9.17, 15) is 0 Å². The van der Waals surface area contributed by atoms with Gasteiger partial charge < -0.3 is 5.32 Å². The zero-order chi connectivity index (χ0) is 14.8. The van der Waals surface area contributed by atoms with E-state index < -0.39 is 0 Å². The fourth-order valence-corrected chi connectivity index (χ4v) is 2.07. The molecule has 0 atom stereocenters. The highest BCUT2D eigenvalue weighted by atomic mass is 35.5. The molecular weight excluding hydrogens is 313 g/mol. The first-order chi connectivity index (χ1) is 10.2. The monoisotopic (exact) mass is 321 g/mol. The summed E-state index contributed by atoms with van der Waals surface area (Å²) in [5.41, 5.74) is 0.615. The van der Waals surface area contributed by atoms with E-state index >= 15 is 0 Å². The summed E-state index contributed by atoms with van der Waals surface area (Å²) in [5, 5.41) is 7.70. The molecule has 21 heavy (non-hydrogen) atoms. The average Bonchev–Trinajstić information content (AvgIpc) is 3.04. The minimum Gasteiger partial charge on any atom is -0.357 e. The van der Waals surface area contributed by atoms with Gasteiger partial charge in [-0.15, -0.1) is 0 Å². The smallest absolute Gasteiger partial charge is 0.257 e. The minimum absolute atomic E-state index is 0.331. The molecule has 0 fully saturated rings. The molecule has 1 N–H and O–H groups in total. The predicted octanol–water partition coefficient (Wildman–Crippen LogP) is 2.47. The largest absolute Gasteiger partial charge is 0.357 e. The molecule has 0 bridgehead atoms. The summed E-state index contributed by atoms with van der Waals surface area (Å²) in [6, 6.07) is 5.27. The van der Waals surface area contributed by atoms with Gasteiger partial charge in [-0.25, -0.2) is 4.98 Å². The molecular formula is C12H9Cl2N7. The van der Waals surface area contributed by atoms with Crippen LogP contribution in [0.15, 0.2) is 30.9 Å². The quantitative estimate of drug-likeness (QED) is 0.798. The lowest BCUT2D eigenvalue weighted by atomic mass is 10.2. The molecule has 1 aromatic carbocycles. The highest BCUT2D eigenvalue weighted by molar-refractivity contribution is 6.43. The van der Waals surface area contributed by atoms with Crippen molar-refractivity contribution in [2.75, 3.05) is 12.4 Å². The fourth-order valence-electron chi connectivity index (χ4n) is 1.69. The molecule has 0 saturated carbocycles. The maximum Gasteiger partial charge on any atom is 0.257 e. The Morgan fingerprint density at radius 1 is 1.14 bits per heavy atom. The number of halogens is 2. The van der Waals surface area contributed by atoms with Gasteiger partial charge in [-0.05, 0) is 12.1 Å². The summed E-state index contributed by atoms with van der Waals surface area (Å²) in [6.07, 6.45) is 2.90. The number of nitrogens with one attached hydrogen (secondary N) is 1. The first kappa shape index (κ1) is 13.7. The molecule has 7 nitrogen and oxygen atoms in total. The summed E-state index contributed by atoms with van der Waals surface area (Å²) in [6.45, 7) is 0. The van der Waals surface area contributed by atoms with Crippen LogP contribution in [-0.2, 0) is 0 Å². The summed E-state index contributed by atoms with van der Waals surface area (Å²) in [4.78, 5) is 16.7. The lowest BCUT2D eigenvalue weighted by Gasteiger charge is -2.08. The SMILES string of the molecule is CNc1nc(-c2cccc(Cl)c2Cl)nc(-n2cncn2)n1. The molecule has 3 aromatic rings. The Kier molecular flexibility index (Phi) is 3.68. The molecule has 0 aliphatic rings. The Hall–Kier alpha value is -2.25. The molecule has 0 aliphatic carbocycles. The van der Waals surface area contributed by atoms with Crippen molar-refractivity contribution in [1.29, 1.82) is 0 Å². The highest BCUT2D eigenvalue weighted by Crippen LogP contribution is 2.31. The van der Waals surface area contributed by atoms with Crippen LogP contribution in [0.4, 0.5) is 5.95 Å². The minimum atomic E-state index is 0.331. The van der Waals surface area contributed by atoms with Crippen LogP contribution >= 0.6 is 23.2 Å². The normalized spacial score (nSPS) is 10.6. The van der Waals surface area contributed by atoms with Crippen LogP contribution in [0.1, 0.15) is 0 Å². The third kappa shape index (κ3) is 2.65. The van der Waals surface area contributed by atoms with Gasteiger partial charge in [-0.3, -0.25) is 0 Å². The Morgan fingerprint density at radius 3 is 2.71 bits per heavy atom. The van der Waals surface area contributed by atoms with Crippen LogP contribution in [0.2, 0.25) is 10.0 Å².